The summed E-state index contributed by atoms with van der Waals surface area (Å²) in [4.78, 5) is 14.5. The Labute approximate surface area is 63.9 Å². The van der Waals surface area contributed by atoms with Gasteiger partial charge in [0.1, 0.15) is 6.54 Å². The second-order valence-electron chi connectivity index (χ2n) is 2.31. The first-order valence-corrected chi connectivity index (χ1v) is 3.34. The molecule has 0 atom stereocenters. The maximum absolute atomic E-state index is 10.9. The molecule has 11 heavy (non-hydrogen) atoms. The average Bonchev–Trinajstić information content (AvgIpc) is 2.31. The van der Waals surface area contributed by atoms with Crippen LogP contribution in [0.1, 0.15) is 0 Å². The minimum Gasteiger partial charge on any atom is -0.305 e. The Hall–Kier alpha value is -1.58. The quantitative estimate of drug-likeness (QED) is 0.519. The minimum absolute atomic E-state index is 0.132. The largest absolute Gasteiger partial charge is 0.305 e. The highest BCUT2D eigenvalue weighted by Crippen LogP contribution is 2.09. The van der Waals surface area contributed by atoms with E-state index in [9.17, 15) is 4.79 Å². The van der Waals surface area contributed by atoms with Crippen molar-refractivity contribution in [3.05, 3.63) is 24.0 Å². The zero-order valence-corrected chi connectivity index (χ0v) is 5.82. The van der Waals surface area contributed by atoms with Crippen molar-refractivity contribution in [2.75, 3.05) is 6.54 Å². The highest BCUT2D eigenvalue weighted by atomic mass is 16.1. The van der Waals surface area contributed by atoms with Crippen molar-refractivity contribution >= 4 is 12.1 Å². The molecule has 0 unspecified atom stereocenters. The normalized spacial score (nSPS) is 20.9. The molecule has 4 heteroatoms. The number of carbonyl (C=O) groups excluding carboxylic acids is 1. The molecular weight excluding hydrogens is 142 g/mol. The van der Waals surface area contributed by atoms with E-state index in [4.69, 9.17) is 0 Å². The van der Waals surface area contributed by atoms with Crippen molar-refractivity contribution in [2.24, 2.45) is 4.99 Å². The lowest BCUT2D eigenvalue weighted by molar-refractivity contribution is -0.118. The summed E-state index contributed by atoms with van der Waals surface area (Å²) in [6.07, 6.45) is 7.00. The van der Waals surface area contributed by atoms with Crippen LogP contribution in [0.5, 0.6) is 0 Å². The number of fused-ring (bicyclic) bond motifs is 1. The molecule has 2 heterocycles. The highest BCUT2D eigenvalue weighted by molar-refractivity contribution is 5.91. The summed E-state index contributed by atoms with van der Waals surface area (Å²) in [6.45, 7) is 0.301. The van der Waals surface area contributed by atoms with Gasteiger partial charge in [0.05, 0.1) is 5.70 Å². The first kappa shape index (κ1) is 6.15. The van der Waals surface area contributed by atoms with Gasteiger partial charge in [-0.1, -0.05) is 0 Å². The number of allylic oxidation sites excluding steroid dienone is 2. The lowest BCUT2D eigenvalue weighted by Crippen LogP contribution is -2.32. The highest BCUT2D eigenvalue weighted by Gasteiger charge is 2.15. The fourth-order valence-corrected chi connectivity index (χ4v) is 1.03. The van der Waals surface area contributed by atoms with Crippen LogP contribution in [-0.2, 0) is 4.79 Å². The van der Waals surface area contributed by atoms with Crippen LogP contribution in [0.3, 0.4) is 0 Å². The van der Waals surface area contributed by atoms with Gasteiger partial charge in [0.2, 0.25) is 0 Å². The van der Waals surface area contributed by atoms with Crippen LogP contribution in [0.25, 0.3) is 0 Å². The van der Waals surface area contributed by atoms with Gasteiger partial charge < -0.3 is 5.43 Å². The van der Waals surface area contributed by atoms with Crippen LogP contribution in [0, 0.1) is 0 Å². The molecule has 0 aromatic heterocycles. The van der Waals surface area contributed by atoms with Gasteiger partial charge in [0.25, 0.3) is 5.91 Å². The topological polar surface area (TPSA) is 44.7 Å². The molecule has 0 aliphatic carbocycles. The second kappa shape index (κ2) is 2.23. The van der Waals surface area contributed by atoms with E-state index >= 15 is 0 Å². The summed E-state index contributed by atoms with van der Waals surface area (Å²) in [5.41, 5.74) is 3.88. The molecule has 0 aromatic carbocycles. The third-order valence-electron chi connectivity index (χ3n) is 1.55. The maximum Gasteiger partial charge on any atom is 0.267 e. The number of hydrazine groups is 1. The van der Waals surface area contributed by atoms with Gasteiger partial charge in [-0.3, -0.25) is 9.80 Å². The zero-order valence-electron chi connectivity index (χ0n) is 5.82. The zero-order chi connectivity index (χ0) is 7.68. The first-order chi connectivity index (χ1) is 5.36. The van der Waals surface area contributed by atoms with Gasteiger partial charge in [0, 0.05) is 12.4 Å². The molecular formula is C7H7N3O. The number of hydrogen-bond donors (Lipinski definition) is 1. The third kappa shape index (κ3) is 1.02. The lowest BCUT2D eigenvalue weighted by Gasteiger charge is -2.16. The maximum atomic E-state index is 10.9. The van der Waals surface area contributed by atoms with Gasteiger partial charge in [-0.05, 0) is 12.2 Å². The molecule has 0 saturated heterocycles. The van der Waals surface area contributed by atoms with Gasteiger partial charge in [-0.2, -0.15) is 0 Å². The van der Waals surface area contributed by atoms with E-state index in [-0.39, 0.29) is 5.91 Å². The van der Waals surface area contributed by atoms with Crippen molar-refractivity contribution in [3.8, 4) is 0 Å². The van der Waals surface area contributed by atoms with E-state index in [0.717, 1.165) is 5.70 Å². The molecule has 1 N–H and O–H groups in total. The number of nitrogens with one attached hydrogen (secondary N) is 1. The number of hydrogen-bond acceptors (Lipinski definition) is 3. The number of carbonyl (C=O) groups is 1. The Morgan fingerprint density at radius 1 is 1.64 bits per heavy atom. The van der Waals surface area contributed by atoms with Crippen LogP contribution < -0.4 is 5.43 Å². The molecule has 0 saturated carbocycles. The summed E-state index contributed by atoms with van der Waals surface area (Å²) < 4.78 is 0. The van der Waals surface area contributed by atoms with Gasteiger partial charge in [-0.25, -0.2) is 4.99 Å². The predicted molar refractivity (Wildman–Crippen MR) is 40.6 cm³/mol. The van der Waals surface area contributed by atoms with Crippen LogP contribution in [0.15, 0.2) is 29.0 Å². The van der Waals surface area contributed by atoms with E-state index in [1.807, 2.05) is 6.08 Å². The molecule has 2 aliphatic heterocycles. The molecule has 4 nitrogen and oxygen atoms in total. The molecule has 0 aromatic rings. The van der Waals surface area contributed by atoms with E-state index in [1.165, 1.54) is 6.21 Å². The van der Waals surface area contributed by atoms with Crippen molar-refractivity contribution in [2.45, 2.75) is 0 Å². The molecule has 0 bridgehead atoms. The summed E-state index contributed by atoms with van der Waals surface area (Å²) in [5, 5.41) is 1.75. The second-order valence-corrected chi connectivity index (χ2v) is 2.31. The Balaban J connectivity index is 2.28. The Kier molecular flexibility index (Phi) is 1.25. The monoisotopic (exact) mass is 149 g/mol. The Morgan fingerprint density at radius 2 is 2.55 bits per heavy atom. The number of aliphatic imine (C=N–C) groups is 1. The number of amides is 1. The van der Waals surface area contributed by atoms with Gasteiger partial charge in [0.15, 0.2) is 0 Å². The van der Waals surface area contributed by atoms with Crippen LogP contribution in [-0.4, -0.2) is 23.7 Å². The molecule has 1 amide bonds. The predicted octanol–water partition coefficient (Wildman–Crippen LogP) is -0.185. The van der Waals surface area contributed by atoms with Crippen LogP contribution >= 0.6 is 0 Å². The van der Waals surface area contributed by atoms with Gasteiger partial charge >= 0.3 is 0 Å². The summed E-state index contributed by atoms with van der Waals surface area (Å²) >= 11 is 0. The lowest BCUT2D eigenvalue weighted by atomic mass is 10.4. The first-order valence-electron chi connectivity index (χ1n) is 3.34. The minimum atomic E-state index is -0.132. The fourth-order valence-electron chi connectivity index (χ4n) is 1.03. The van der Waals surface area contributed by atoms with E-state index < -0.39 is 0 Å². The van der Waals surface area contributed by atoms with Crippen molar-refractivity contribution < 1.29 is 4.79 Å². The fraction of sp³-hybridized carbons (Fsp3) is 0.143. The summed E-state index contributed by atoms with van der Waals surface area (Å²) in [7, 11) is 0. The third-order valence-corrected chi connectivity index (χ3v) is 1.55. The van der Waals surface area contributed by atoms with Crippen LogP contribution in [0.2, 0.25) is 0 Å². The SMILES string of the molecule is O=C1CN2NC=CC2=CC=N1. The summed E-state index contributed by atoms with van der Waals surface area (Å²) in [5.74, 6) is -0.132. The standard InChI is InChI=1S/C7H7N3O/c11-7-5-10-6(1-3-8-7)2-4-9-10/h1-4,9H,5H2. The van der Waals surface area contributed by atoms with E-state index in [2.05, 4.69) is 10.4 Å². The number of rotatable bonds is 0. The molecule has 0 spiro atoms. The van der Waals surface area contributed by atoms with E-state index in [1.54, 1.807) is 17.3 Å². The van der Waals surface area contributed by atoms with E-state index in [0.29, 0.717) is 6.54 Å². The Morgan fingerprint density at radius 3 is 3.45 bits per heavy atom. The van der Waals surface area contributed by atoms with Crippen LogP contribution in [0.4, 0.5) is 0 Å². The molecule has 2 rings (SSSR count). The molecule has 0 radical (unpaired) electrons. The molecule has 0 fully saturated rings. The molecule has 56 valence electrons. The molecule has 2 aliphatic rings. The Bertz CT molecular complexity index is 277. The van der Waals surface area contributed by atoms with Crippen molar-refractivity contribution in [1.29, 1.82) is 0 Å². The van der Waals surface area contributed by atoms with Gasteiger partial charge in [-0.15, -0.1) is 0 Å². The average molecular weight is 149 g/mol. The summed E-state index contributed by atoms with van der Waals surface area (Å²) in [6, 6.07) is 0. The smallest absolute Gasteiger partial charge is 0.267 e. The number of nitrogens with zero attached hydrogens (tertiary/aromatic N) is 2. The van der Waals surface area contributed by atoms with Crippen molar-refractivity contribution in [3.63, 3.8) is 0 Å². The van der Waals surface area contributed by atoms with Crippen molar-refractivity contribution in [1.82, 2.24) is 10.4 Å².